The molecule has 0 aliphatic heterocycles. The molecule has 0 aromatic heterocycles. The molecule has 0 atom stereocenters. The highest BCUT2D eigenvalue weighted by Gasteiger charge is 2.53. The summed E-state index contributed by atoms with van der Waals surface area (Å²) in [6.45, 7) is 5.82. The van der Waals surface area contributed by atoms with E-state index in [0.717, 1.165) is 18.4 Å². The number of Topliss-reactive ketones (excluding diaryl/α,β-unsaturated/α-hetero) is 2. The van der Waals surface area contributed by atoms with Gasteiger partial charge in [0, 0.05) is 22.6 Å². The summed E-state index contributed by atoms with van der Waals surface area (Å²) in [6, 6.07) is 0. The van der Waals surface area contributed by atoms with E-state index in [4.69, 9.17) is 16.4 Å². The van der Waals surface area contributed by atoms with E-state index in [-0.39, 0.29) is 28.8 Å². The van der Waals surface area contributed by atoms with Crippen LogP contribution in [0, 0.1) is 11.8 Å². The Balaban J connectivity index is 2.05. The van der Waals surface area contributed by atoms with Crippen molar-refractivity contribution in [2.24, 2.45) is 17.0 Å². The molecule has 0 amide bonds. The Labute approximate surface area is 153 Å². The molecule has 6 heteroatoms. The summed E-state index contributed by atoms with van der Waals surface area (Å²) in [4.78, 5) is 30.6. The molecule has 2 fully saturated rings. The molecule has 0 heterocycles. The third-order valence-corrected chi connectivity index (χ3v) is 7.06. The first kappa shape index (κ1) is 19.5. The van der Waals surface area contributed by atoms with Gasteiger partial charge in [0.05, 0.1) is 5.71 Å². The minimum absolute atomic E-state index is 0.00145. The zero-order valence-corrected chi connectivity index (χ0v) is 16.4. The lowest BCUT2D eigenvalue weighted by molar-refractivity contribution is -0.134. The molecule has 4 nitrogen and oxygen atoms in total. The number of allylic oxidation sites excluding steroid dienone is 1. The van der Waals surface area contributed by atoms with Crippen LogP contribution in [-0.2, 0) is 14.4 Å². The maximum Gasteiger partial charge on any atom is 0.149 e. The number of rotatable bonds is 7. The van der Waals surface area contributed by atoms with E-state index < -0.39 is 5.92 Å². The van der Waals surface area contributed by atoms with Gasteiger partial charge in [-0.2, -0.15) is 11.8 Å². The molecule has 0 saturated heterocycles. The minimum Gasteiger partial charge on any atom is -0.391 e. The van der Waals surface area contributed by atoms with Gasteiger partial charge in [-0.1, -0.05) is 23.7 Å². The molecule has 0 N–H and O–H groups in total. The summed E-state index contributed by atoms with van der Waals surface area (Å²) < 4.78 is 0.163. The molecule has 2 aliphatic rings. The van der Waals surface area contributed by atoms with Gasteiger partial charge in [0.1, 0.15) is 24.1 Å². The third-order valence-electron chi connectivity index (χ3n) is 5.18. The smallest absolute Gasteiger partial charge is 0.149 e. The van der Waals surface area contributed by atoms with E-state index in [1.165, 1.54) is 0 Å². The summed E-state index contributed by atoms with van der Waals surface area (Å²) in [5, 5.41) is 4.76. The van der Waals surface area contributed by atoms with Gasteiger partial charge < -0.3 is 4.84 Å². The van der Waals surface area contributed by atoms with Crippen LogP contribution < -0.4 is 0 Å². The molecular weight excluding hydrogens is 346 g/mol. The molecule has 134 valence electrons. The second-order valence-electron chi connectivity index (χ2n) is 6.76. The SMILES string of the molecule is CC/C(=N\OC/C(C)=C(\C)Cl)C1C(=O)CC(C2(SC)CC2)CC1=O. The average molecular weight is 372 g/mol. The van der Waals surface area contributed by atoms with E-state index in [0.29, 0.717) is 30.0 Å². The van der Waals surface area contributed by atoms with Crippen molar-refractivity contribution < 1.29 is 14.4 Å². The predicted octanol–water partition coefficient (Wildman–Crippen LogP) is 4.36. The Morgan fingerprint density at radius 1 is 1.29 bits per heavy atom. The van der Waals surface area contributed by atoms with Crippen LogP contribution in [0.3, 0.4) is 0 Å². The predicted molar refractivity (Wildman–Crippen MR) is 99.6 cm³/mol. The second-order valence-corrected chi connectivity index (χ2v) is 8.55. The monoisotopic (exact) mass is 371 g/mol. The lowest BCUT2D eigenvalue weighted by atomic mass is 9.75. The van der Waals surface area contributed by atoms with Crippen LogP contribution in [0.15, 0.2) is 15.8 Å². The van der Waals surface area contributed by atoms with Gasteiger partial charge in [0.25, 0.3) is 0 Å². The highest BCUT2D eigenvalue weighted by atomic mass is 35.5. The molecule has 2 aliphatic carbocycles. The molecule has 2 saturated carbocycles. The van der Waals surface area contributed by atoms with Crippen LogP contribution in [0.25, 0.3) is 0 Å². The van der Waals surface area contributed by atoms with Crippen LogP contribution >= 0.6 is 23.4 Å². The lowest BCUT2D eigenvalue weighted by Gasteiger charge is -2.31. The molecule has 0 aromatic rings. The Morgan fingerprint density at radius 2 is 1.88 bits per heavy atom. The van der Waals surface area contributed by atoms with Crippen LogP contribution in [0.2, 0.25) is 0 Å². The van der Waals surface area contributed by atoms with Gasteiger partial charge in [-0.15, -0.1) is 0 Å². The molecule has 2 rings (SSSR count). The van der Waals surface area contributed by atoms with Gasteiger partial charge in [-0.25, -0.2) is 0 Å². The van der Waals surface area contributed by atoms with Crippen molar-refractivity contribution in [1.82, 2.24) is 0 Å². The largest absolute Gasteiger partial charge is 0.391 e. The second kappa shape index (κ2) is 8.05. The van der Waals surface area contributed by atoms with Crippen molar-refractivity contribution in [2.45, 2.75) is 57.6 Å². The maximum absolute atomic E-state index is 12.6. The van der Waals surface area contributed by atoms with Crippen molar-refractivity contribution >= 4 is 40.6 Å². The van der Waals surface area contributed by atoms with E-state index in [2.05, 4.69) is 11.4 Å². The van der Waals surface area contributed by atoms with Crippen molar-refractivity contribution in [3.63, 3.8) is 0 Å². The van der Waals surface area contributed by atoms with E-state index in [1.54, 1.807) is 18.7 Å². The summed E-state index contributed by atoms with van der Waals surface area (Å²) in [6.07, 6.45) is 5.81. The fourth-order valence-electron chi connectivity index (χ4n) is 3.25. The van der Waals surface area contributed by atoms with Crippen molar-refractivity contribution in [3.05, 3.63) is 10.6 Å². The molecule has 0 aromatic carbocycles. The number of hydrogen-bond acceptors (Lipinski definition) is 5. The van der Waals surface area contributed by atoms with Gasteiger partial charge in [0.2, 0.25) is 0 Å². The molecule has 0 spiro atoms. The fraction of sp³-hybridized carbons (Fsp3) is 0.722. The average Bonchev–Trinajstić information content (AvgIpc) is 3.33. The van der Waals surface area contributed by atoms with Crippen LogP contribution in [0.1, 0.15) is 52.9 Å². The minimum atomic E-state index is -0.717. The van der Waals surface area contributed by atoms with Gasteiger partial charge >= 0.3 is 0 Å². The zero-order valence-electron chi connectivity index (χ0n) is 14.9. The van der Waals surface area contributed by atoms with Gasteiger partial charge in [-0.3, -0.25) is 9.59 Å². The lowest BCUT2D eigenvalue weighted by Crippen LogP contribution is -2.41. The van der Waals surface area contributed by atoms with Crippen molar-refractivity contribution in [3.8, 4) is 0 Å². The Hall–Kier alpha value is -0.810. The van der Waals surface area contributed by atoms with E-state index in [9.17, 15) is 9.59 Å². The number of hydrogen-bond donors (Lipinski definition) is 0. The molecular formula is C18H26ClNO3S. The van der Waals surface area contributed by atoms with Gasteiger partial charge in [0.15, 0.2) is 0 Å². The van der Waals surface area contributed by atoms with Crippen molar-refractivity contribution in [2.75, 3.05) is 12.9 Å². The Kier molecular flexibility index (Phi) is 6.54. The highest BCUT2D eigenvalue weighted by Crippen LogP contribution is 2.56. The first-order chi connectivity index (χ1) is 11.3. The van der Waals surface area contributed by atoms with Crippen LogP contribution in [0.5, 0.6) is 0 Å². The third kappa shape index (κ3) is 4.23. The Bertz CT molecular complexity index is 559. The summed E-state index contributed by atoms with van der Waals surface area (Å²) in [5.74, 6) is -0.528. The highest BCUT2D eigenvalue weighted by molar-refractivity contribution is 8.00. The van der Waals surface area contributed by atoms with E-state index >= 15 is 0 Å². The molecule has 0 bridgehead atoms. The topological polar surface area (TPSA) is 55.7 Å². The summed E-state index contributed by atoms with van der Waals surface area (Å²) in [5.41, 5.74) is 1.42. The van der Waals surface area contributed by atoms with Crippen LogP contribution in [-0.4, -0.2) is 34.9 Å². The van der Waals surface area contributed by atoms with E-state index in [1.807, 2.05) is 13.8 Å². The summed E-state index contributed by atoms with van der Waals surface area (Å²) >= 11 is 7.70. The molecule has 0 radical (unpaired) electrons. The summed E-state index contributed by atoms with van der Waals surface area (Å²) in [7, 11) is 0. The normalized spacial score (nSPS) is 27.8. The van der Waals surface area contributed by atoms with Crippen molar-refractivity contribution in [1.29, 1.82) is 0 Å². The molecule has 0 unspecified atom stereocenters. The first-order valence-corrected chi connectivity index (χ1v) is 10.1. The standard InChI is InChI=1S/C18H26ClNO3S/c1-5-14(20-23-10-11(2)12(3)19)17-15(21)8-13(9-16(17)22)18(24-4)6-7-18/h13,17H,5-10H2,1-4H3/b12-11+,20-14+. The number of ketones is 2. The zero-order chi connectivity index (χ0) is 17.9. The first-order valence-electron chi connectivity index (χ1n) is 8.45. The Morgan fingerprint density at radius 3 is 2.29 bits per heavy atom. The number of carbonyl (C=O) groups is 2. The van der Waals surface area contributed by atoms with Crippen LogP contribution in [0.4, 0.5) is 0 Å². The number of oxime groups is 1. The number of carbonyl (C=O) groups excluding carboxylic acids is 2. The molecule has 24 heavy (non-hydrogen) atoms. The number of nitrogens with zero attached hydrogens (tertiary/aromatic N) is 1. The number of thioether (sulfide) groups is 1. The maximum atomic E-state index is 12.6. The fourth-order valence-corrected chi connectivity index (χ4v) is 4.32. The quantitative estimate of drug-likeness (QED) is 0.379. The number of halogens is 1. The van der Waals surface area contributed by atoms with Gasteiger partial charge in [-0.05, 0) is 50.9 Å².